The van der Waals surface area contributed by atoms with Crippen LogP contribution in [0.25, 0.3) is 70.4 Å². The molecular formula is C29H16N2O2. The zero-order chi connectivity index (χ0) is 21.8. The molecule has 154 valence electrons. The second kappa shape index (κ2) is 5.61. The van der Waals surface area contributed by atoms with Crippen molar-refractivity contribution < 1.29 is 9.90 Å². The number of aliphatic hydroxyl groups excluding tert-OH is 1. The van der Waals surface area contributed by atoms with Crippen LogP contribution in [-0.2, 0) is 0 Å². The van der Waals surface area contributed by atoms with Crippen LogP contribution in [0.3, 0.4) is 0 Å². The molecule has 0 amide bonds. The predicted octanol–water partition coefficient (Wildman–Crippen LogP) is 7.36. The third kappa shape index (κ3) is 1.95. The maximum absolute atomic E-state index is 13.3. The molecule has 0 atom stereocenters. The summed E-state index contributed by atoms with van der Waals surface area (Å²) >= 11 is 0. The summed E-state index contributed by atoms with van der Waals surface area (Å²) in [5.41, 5.74) is 1.01. The van der Waals surface area contributed by atoms with Crippen LogP contribution in [0.1, 0.15) is 16.2 Å². The number of carbonyl (C=O) groups excluding carboxylic acids is 1. The lowest BCUT2D eigenvalue weighted by Crippen LogP contribution is -1.98. The van der Waals surface area contributed by atoms with Gasteiger partial charge < -0.3 is 15.1 Å². The second-order valence-corrected chi connectivity index (χ2v) is 8.83. The first-order valence-corrected chi connectivity index (χ1v) is 11.0. The van der Waals surface area contributed by atoms with E-state index < -0.39 is 0 Å². The van der Waals surface area contributed by atoms with Gasteiger partial charge in [-0.2, -0.15) is 0 Å². The first-order chi connectivity index (χ1) is 16.2. The van der Waals surface area contributed by atoms with Crippen LogP contribution in [0.4, 0.5) is 0 Å². The van der Waals surface area contributed by atoms with E-state index in [1.54, 1.807) is 18.3 Å². The SMILES string of the molecule is O=C(/C=C(\O)c1ccc[nH]1)c1[nH]cc2c3ccc4ccc5ccc6ccc(c12)c1c6c5c4c31. The van der Waals surface area contributed by atoms with E-state index in [1.807, 2.05) is 6.20 Å². The third-order valence-electron chi connectivity index (χ3n) is 7.23. The molecule has 0 aliphatic heterocycles. The second-order valence-electron chi connectivity index (χ2n) is 8.83. The fraction of sp³-hybridized carbons (Fsp3) is 0. The molecule has 0 saturated heterocycles. The van der Waals surface area contributed by atoms with E-state index in [4.69, 9.17) is 0 Å². The molecule has 0 aliphatic carbocycles. The smallest absolute Gasteiger partial charge is 0.206 e. The highest BCUT2D eigenvalue weighted by atomic mass is 16.3. The minimum absolute atomic E-state index is 0.0802. The van der Waals surface area contributed by atoms with Crippen LogP contribution >= 0.6 is 0 Å². The van der Waals surface area contributed by atoms with Crippen molar-refractivity contribution in [2.24, 2.45) is 0 Å². The number of nitrogens with one attached hydrogen (secondary N) is 2. The lowest BCUT2D eigenvalue weighted by Gasteiger charge is -2.08. The molecule has 0 unspecified atom stereocenters. The largest absolute Gasteiger partial charge is 0.506 e. The normalized spacial score (nSPS) is 13.3. The van der Waals surface area contributed by atoms with E-state index in [1.165, 1.54) is 49.2 Å². The summed E-state index contributed by atoms with van der Waals surface area (Å²) in [6, 6.07) is 20.9. The molecule has 0 aliphatic rings. The van der Waals surface area contributed by atoms with Gasteiger partial charge in [0.1, 0.15) is 5.76 Å². The van der Waals surface area contributed by atoms with Crippen molar-refractivity contribution in [2.45, 2.75) is 0 Å². The van der Waals surface area contributed by atoms with Gasteiger partial charge in [-0.25, -0.2) is 0 Å². The summed E-state index contributed by atoms with van der Waals surface area (Å²) in [6.07, 6.45) is 4.92. The number of fused-ring (bicyclic) bond motifs is 3. The summed E-state index contributed by atoms with van der Waals surface area (Å²) in [4.78, 5) is 19.5. The van der Waals surface area contributed by atoms with Gasteiger partial charge in [-0.05, 0) is 66.0 Å². The van der Waals surface area contributed by atoms with Crippen molar-refractivity contribution in [1.82, 2.24) is 9.97 Å². The molecule has 3 N–H and O–H groups in total. The van der Waals surface area contributed by atoms with Crippen LogP contribution in [-0.4, -0.2) is 20.9 Å². The van der Waals surface area contributed by atoms with Crippen molar-refractivity contribution in [2.75, 3.05) is 0 Å². The molecule has 0 bridgehead atoms. The Hall–Kier alpha value is -4.57. The topological polar surface area (TPSA) is 68.9 Å². The molecule has 2 heterocycles. The Labute approximate surface area is 186 Å². The van der Waals surface area contributed by atoms with Crippen LogP contribution in [0.15, 0.2) is 79.1 Å². The Morgan fingerprint density at radius 1 is 0.667 bits per heavy atom. The maximum atomic E-state index is 13.3. The summed E-state index contributed by atoms with van der Waals surface area (Å²) in [5.74, 6) is -0.336. The zero-order valence-corrected chi connectivity index (χ0v) is 17.4. The number of benzene rings is 5. The van der Waals surface area contributed by atoms with Gasteiger partial charge in [0.15, 0.2) is 0 Å². The summed E-state index contributed by atoms with van der Waals surface area (Å²) < 4.78 is 0. The van der Waals surface area contributed by atoms with Crippen LogP contribution in [0, 0.1) is 0 Å². The van der Waals surface area contributed by atoms with Crippen molar-refractivity contribution in [3.05, 3.63) is 90.5 Å². The van der Waals surface area contributed by atoms with E-state index in [2.05, 4.69) is 58.5 Å². The Balaban J connectivity index is 1.55. The average molecular weight is 424 g/mol. The van der Waals surface area contributed by atoms with Gasteiger partial charge in [-0.1, -0.05) is 48.5 Å². The van der Waals surface area contributed by atoms with Gasteiger partial charge in [-0.15, -0.1) is 0 Å². The zero-order valence-electron chi connectivity index (χ0n) is 17.4. The molecule has 6 aromatic carbocycles. The fourth-order valence-electron chi connectivity index (χ4n) is 5.87. The first-order valence-electron chi connectivity index (χ1n) is 11.0. The summed E-state index contributed by atoms with van der Waals surface area (Å²) in [6.45, 7) is 0. The number of aliphatic hydroxyl groups is 1. The molecule has 0 radical (unpaired) electrons. The van der Waals surface area contributed by atoms with E-state index in [0.717, 1.165) is 21.5 Å². The Morgan fingerprint density at radius 2 is 1.27 bits per heavy atom. The van der Waals surface area contributed by atoms with Crippen molar-refractivity contribution in [1.29, 1.82) is 0 Å². The highest BCUT2D eigenvalue weighted by molar-refractivity contribution is 6.48. The van der Waals surface area contributed by atoms with Gasteiger partial charge in [0.2, 0.25) is 5.78 Å². The lowest BCUT2D eigenvalue weighted by molar-refractivity contribution is 0.104. The molecule has 8 rings (SSSR count). The highest BCUT2D eigenvalue weighted by Crippen LogP contribution is 2.50. The van der Waals surface area contributed by atoms with Crippen LogP contribution < -0.4 is 0 Å². The predicted molar refractivity (Wildman–Crippen MR) is 135 cm³/mol. The number of aromatic nitrogens is 2. The number of ketones is 1. The molecule has 4 nitrogen and oxygen atoms in total. The Morgan fingerprint density at radius 3 is 1.94 bits per heavy atom. The number of rotatable bonds is 3. The summed E-state index contributed by atoms with van der Waals surface area (Å²) in [5, 5.41) is 24.7. The molecule has 33 heavy (non-hydrogen) atoms. The van der Waals surface area contributed by atoms with Crippen molar-refractivity contribution >= 4 is 76.2 Å². The first kappa shape index (κ1) is 17.0. The van der Waals surface area contributed by atoms with E-state index in [9.17, 15) is 9.90 Å². The van der Waals surface area contributed by atoms with Crippen LogP contribution in [0.2, 0.25) is 0 Å². The van der Waals surface area contributed by atoms with Gasteiger partial charge in [-0.3, -0.25) is 4.79 Å². The third-order valence-corrected chi connectivity index (χ3v) is 7.23. The quantitative estimate of drug-likeness (QED) is 0.120. The summed E-state index contributed by atoms with van der Waals surface area (Å²) in [7, 11) is 0. The molecule has 4 heteroatoms. The minimum atomic E-state index is -0.256. The number of H-pyrrole nitrogens is 2. The molecular weight excluding hydrogens is 408 g/mol. The maximum Gasteiger partial charge on any atom is 0.206 e. The molecule has 8 aromatic rings. The molecule has 0 saturated carbocycles. The number of aromatic amines is 2. The average Bonchev–Trinajstić information content (AvgIpc) is 3.59. The monoisotopic (exact) mass is 424 g/mol. The standard InChI is InChI=1S/C29H16N2O2/c32-21(20-2-1-11-30-20)12-22(33)29-26-18-10-8-16-6-4-14-3-5-15-7-9-17(19(26)13-31-29)27-24(15)23(14)25(16)28(18)27/h1-13,30-32H/b21-12-. The highest BCUT2D eigenvalue weighted by Gasteiger charge is 2.24. The number of hydrogen-bond acceptors (Lipinski definition) is 2. The van der Waals surface area contributed by atoms with Crippen molar-refractivity contribution in [3.8, 4) is 0 Å². The Kier molecular flexibility index (Phi) is 2.90. The molecule has 0 fully saturated rings. The van der Waals surface area contributed by atoms with Gasteiger partial charge in [0.05, 0.1) is 11.4 Å². The number of carbonyl (C=O) groups is 1. The molecule has 2 aromatic heterocycles. The van der Waals surface area contributed by atoms with Gasteiger partial charge in [0.25, 0.3) is 0 Å². The van der Waals surface area contributed by atoms with E-state index in [-0.39, 0.29) is 11.5 Å². The van der Waals surface area contributed by atoms with Gasteiger partial charge >= 0.3 is 0 Å². The molecule has 0 spiro atoms. The fourth-order valence-corrected chi connectivity index (χ4v) is 5.87. The number of allylic oxidation sites excluding steroid dienone is 1. The van der Waals surface area contributed by atoms with Gasteiger partial charge in [0, 0.05) is 29.2 Å². The van der Waals surface area contributed by atoms with E-state index in [0.29, 0.717) is 11.4 Å². The minimum Gasteiger partial charge on any atom is -0.506 e. The van der Waals surface area contributed by atoms with E-state index >= 15 is 0 Å². The Bertz CT molecular complexity index is 2030. The number of hydrogen-bond donors (Lipinski definition) is 3. The van der Waals surface area contributed by atoms with Crippen LogP contribution in [0.5, 0.6) is 0 Å². The lowest BCUT2D eigenvalue weighted by atomic mass is 9.93. The van der Waals surface area contributed by atoms with Crippen molar-refractivity contribution in [3.63, 3.8) is 0 Å².